The van der Waals surface area contributed by atoms with E-state index in [9.17, 15) is 14.4 Å². The van der Waals surface area contributed by atoms with Gasteiger partial charge in [0.05, 0.1) is 12.7 Å². The van der Waals surface area contributed by atoms with Crippen LogP contribution >= 0.6 is 0 Å². The number of nitrogens with two attached hydrogens (primary N) is 1. The Kier molecular flexibility index (Phi) is 4.69. The van der Waals surface area contributed by atoms with Crippen molar-refractivity contribution in [3.05, 3.63) is 35.4 Å². The van der Waals surface area contributed by atoms with Crippen molar-refractivity contribution >= 4 is 17.8 Å². The fraction of sp³-hybridized carbons (Fsp3) is 0.591. The van der Waals surface area contributed by atoms with E-state index < -0.39 is 17.5 Å². The predicted molar refractivity (Wildman–Crippen MR) is 108 cm³/mol. The quantitative estimate of drug-likeness (QED) is 0.761. The third kappa shape index (κ3) is 3.52. The number of nitrogens with zero attached hydrogens (tertiary/aromatic N) is 2. The Balaban J connectivity index is 1.58. The number of amides is 4. The monoisotopic (exact) mass is 398 g/mol. The number of nitrogens with one attached hydrogen (secondary N) is 1. The normalized spacial score (nSPS) is 31.6. The molecule has 2 aliphatic heterocycles. The number of hydrogen-bond donors (Lipinski definition) is 2. The predicted octanol–water partition coefficient (Wildman–Crippen LogP) is 1.99. The van der Waals surface area contributed by atoms with Crippen LogP contribution in [0.2, 0.25) is 0 Å². The van der Waals surface area contributed by atoms with Gasteiger partial charge in [-0.25, -0.2) is 9.69 Å². The van der Waals surface area contributed by atoms with Gasteiger partial charge in [0.15, 0.2) is 0 Å². The van der Waals surface area contributed by atoms with Crippen LogP contribution in [0.5, 0.6) is 0 Å². The average molecular weight is 399 g/mol. The first-order chi connectivity index (χ1) is 13.6. The van der Waals surface area contributed by atoms with Crippen LogP contribution in [0.15, 0.2) is 24.3 Å². The van der Waals surface area contributed by atoms with Gasteiger partial charge in [0.1, 0.15) is 5.54 Å². The zero-order chi connectivity index (χ0) is 21.0. The number of hydrogen-bond acceptors (Lipinski definition) is 4. The molecule has 0 radical (unpaired) electrons. The molecule has 156 valence electrons. The van der Waals surface area contributed by atoms with Crippen LogP contribution in [-0.2, 0) is 22.6 Å². The van der Waals surface area contributed by atoms with Crippen LogP contribution in [0.4, 0.5) is 4.79 Å². The van der Waals surface area contributed by atoms with Crippen molar-refractivity contribution in [3.8, 4) is 0 Å². The summed E-state index contributed by atoms with van der Waals surface area (Å²) in [5.74, 6) is -0.263. The first kappa shape index (κ1) is 19.9. The smallest absolute Gasteiger partial charge is 0.326 e. The molecule has 1 saturated heterocycles. The number of primary amides is 1. The van der Waals surface area contributed by atoms with Gasteiger partial charge in [-0.3, -0.25) is 14.5 Å². The maximum absolute atomic E-state index is 13.4. The standard InChI is InChI=1S/C22H30N4O3/c1-14-9-21(2,3)12-22(10-14)19(28)26(20(29)24-22)13-25-11-16-7-5-4-6-15(16)8-17(25)18(23)27/h4-7,14,17H,8-13H2,1-3H3,(H2,23,27)(H,24,29)/t14-,17+,22+/m1/s1. The third-order valence-electron chi connectivity index (χ3n) is 6.62. The van der Waals surface area contributed by atoms with E-state index in [0.29, 0.717) is 31.7 Å². The molecule has 3 N–H and O–H groups in total. The SMILES string of the molecule is C[C@@H]1CC(C)(C)C[C@]2(C1)NC(=O)N(CN1Cc3ccccc3C[C@H]1C(N)=O)C2=O. The van der Waals surface area contributed by atoms with Gasteiger partial charge in [-0.15, -0.1) is 0 Å². The van der Waals surface area contributed by atoms with Gasteiger partial charge in [-0.1, -0.05) is 45.0 Å². The minimum Gasteiger partial charge on any atom is -0.368 e. The Morgan fingerprint density at radius 2 is 1.90 bits per heavy atom. The Morgan fingerprint density at radius 3 is 2.55 bits per heavy atom. The molecule has 1 aromatic carbocycles. The Bertz CT molecular complexity index is 867. The highest BCUT2D eigenvalue weighted by molar-refractivity contribution is 6.07. The molecular weight excluding hydrogens is 368 g/mol. The van der Waals surface area contributed by atoms with Crippen LogP contribution < -0.4 is 11.1 Å². The van der Waals surface area contributed by atoms with E-state index in [2.05, 4.69) is 26.1 Å². The molecule has 2 fully saturated rings. The molecule has 7 heteroatoms. The van der Waals surface area contributed by atoms with Crippen LogP contribution in [0.1, 0.15) is 51.2 Å². The zero-order valence-corrected chi connectivity index (χ0v) is 17.4. The van der Waals surface area contributed by atoms with Crippen molar-refractivity contribution in [2.24, 2.45) is 17.1 Å². The number of benzene rings is 1. The molecule has 1 aliphatic carbocycles. The van der Waals surface area contributed by atoms with Crippen LogP contribution in [0, 0.1) is 11.3 Å². The summed E-state index contributed by atoms with van der Waals surface area (Å²) in [5.41, 5.74) is 6.99. The fourth-order valence-electron chi connectivity index (χ4n) is 5.82. The molecule has 3 atom stereocenters. The summed E-state index contributed by atoms with van der Waals surface area (Å²) in [7, 11) is 0. The van der Waals surface area contributed by atoms with Gasteiger partial charge in [-0.05, 0) is 48.1 Å². The Morgan fingerprint density at radius 1 is 1.21 bits per heavy atom. The summed E-state index contributed by atoms with van der Waals surface area (Å²) in [6.07, 6.45) is 2.81. The van der Waals surface area contributed by atoms with Gasteiger partial charge >= 0.3 is 6.03 Å². The molecule has 1 aromatic rings. The van der Waals surface area contributed by atoms with Gasteiger partial charge < -0.3 is 11.1 Å². The molecule has 0 bridgehead atoms. The van der Waals surface area contributed by atoms with E-state index in [1.165, 1.54) is 4.90 Å². The molecule has 0 unspecified atom stereocenters. The lowest BCUT2D eigenvalue weighted by molar-refractivity contribution is -0.138. The van der Waals surface area contributed by atoms with Gasteiger partial charge in [0, 0.05) is 6.54 Å². The number of fused-ring (bicyclic) bond motifs is 1. The van der Waals surface area contributed by atoms with Crippen molar-refractivity contribution in [3.63, 3.8) is 0 Å². The molecular formula is C22H30N4O3. The topological polar surface area (TPSA) is 95.7 Å². The second-order valence-corrected chi connectivity index (χ2v) is 9.88. The lowest BCUT2D eigenvalue weighted by Crippen LogP contribution is -2.56. The van der Waals surface area contributed by atoms with E-state index in [-0.39, 0.29) is 24.0 Å². The minimum absolute atomic E-state index is 0.0174. The number of imide groups is 1. The molecule has 1 spiro atoms. The van der Waals surface area contributed by atoms with Crippen LogP contribution in [-0.4, -0.2) is 45.9 Å². The average Bonchev–Trinajstić information content (AvgIpc) is 2.82. The largest absolute Gasteiger partial charge is 0.368 e. The first-order valence-electron chi connectivity index (χ1n) is 10.3. The summed E-state index contributed by atoms with van der Waals surface area (Å²) in [6, 6.07) is 7.00. The molecule has 0 aromatic heterocycles. The molecule has 4 amide bonds. The van der Waals surface area contributed by atoms with Crippen molar-refractivity contribution in [2.75, 3.05) is 6.67 Å². The molecule has 7 nitrogen and oxygen atoms in total. The van der Waals surface area contributed by atoms with E-state index in [4.69, 9.17) is 5.73 Å². The number of carbonyl (C=O) groups is 3. The van der Waals surface area contributed by atoms with Crippen LogP contribution in [0.25, 0.3) is 0 Å². The summed E-state index contributed by atoms with van der Waals surface area (Å²) in [5, 5.41) is 3.00. The summed E-state index contributed by atoms with van der Waals surface area (Å²) in [4.78, 5) is 41.5. The number of carbonyl (C=O) groups excluding carboxylic acids is 3. The van der Waals surface area contributed by atoms with Gasteiger partial charge in [0.2, 0.25) is 5.91 Å². The summed E-state index contributed by atoms with van der Waals surface area (Å²) >= 11 is 0. The molecule has 1 saturated carbocycles. The van der Waals surface area contributed by atoms with E-state index >= 15 is 0 Å². The lowest BCUT2D eigenvalue weighted by Gasteiger charge is -2.44. The lowest BCUT2D eigenvalue weighted by atomic mass is 9.64. The van der Waals surface area contributed by atoms with Crippen LogP contribution in [0.3, 0.4) is 0 Å². The van der Waals surface area contributed by atoms with Crippen molar-refractivity contribution < 1.29 is 14.4 Å². The van der Waals surface area contributed by atoms with Crippen molar-refractivity contribution in [1.82, 2.24) is 15.1 Å². The van der Waals surface area contributed by atoms with E-state index in [1.54, 1.807) is 0 Å². The number of rotatable bonds is 3. The summed E-state index contributed by atoms with van der Waals surface area (Å²) < 4.78 is 0. The highest BCUT2D eigenvalue weighted by atomic mass is 16.2. The highest BCUT2D eigenvalue weighted by Crippen LogP contribution is 2.46. The number of urea groups is 1. The Hall–Kier alpha value is -2.41. The third-order valence-corrected chi connectivity index (χ3v) is 6.62. The highest BCUT2D eigenvalue weighted by Gasteiger charge is 2.56. The second-order valence-electron chi connectivity index (χ2n) is 9.88. The van der Waals surface area contributed by atoms with Gasteiger partial charge in [-0.2, -0.15) is 0 Å². The molecule has 29 heavy (non-hydrogen) atoms. The van der Waals surface area contributed by atoms with E-state index in [1.807, 2.05) is 29.2 Å². The van der Waals surface area contributed by atoms with Crippen molar-refractivity contribution in [1.29, 1.82) is 0 Å². The van der Waals surface area contributed by atoms with E-state index in [0.717, 1.165) is 17.5 Å². The maximum Gasteiger partial charge on any atom is 0.326 e. The fourth-order valence-corrected chi connectivity index (χ4v) is 5.82. The molecule has 3 aliphatic rings. The minimum atomic E-state index is -0.839. The Labute approximate surface area is 171 Å². The second kappa shape index (κ2) is 6.83. The maximum atomic E-state index is 13.4. The molecule has 2 heterocycles. The van der Waals surface area contributed by atoms with Crippen molar-refractivity contribution in [2.45, 2.75) is 64.6 Å². The molecule has 4 rings (SSSR count). The van der Waals surface area contributed by atoms with Gasteiger partial charge in [0.25, 0.3) is 5.91 Å². The summed E-state index contributed by atoms with van der Waals surface area (Å²) in [6.45, 7) is 6.99. The zero-order valence-electron chi connectivity index (χ0n) is 17.4. The first-order valence-corrected chi connectivity index (χ1v) is 10.3.